The van der Waals surface area contributed by atoms with Crippen molar-refractivity contribution in [3.05, 3.63) is 0 Å². The van der Waals surface area contributed by atoms with E-state index in [9.17, 15) is 9.59 Å². The first-order valence-electron chi connectivity index (χ1n) is 3.25. The van der Waals surface area contributed by atoms with Gasteiger partial charge in [0.1, 0.15) is 5.71 Å². The fourth-order valence-corrected chi connectivity index (χ4v) is 0.846. The van der Waals surface area contributed by atoms with Crippen molar-refractivity contribution >= 4 is 17.5 Å². The second-order valence-corrected chi connectivity index (χ2v) is 2.33. The zero-order chi connectivity index (χ0) is 8.43. The lowest BCUT2D eigenvalue weighted by molar-refractivity contribution is -0.130. The smallest absolute Gasteiger partial charge is 0.264 e. The van der Waals surface area contributed by atoms with Crippen LogP contribution in [0.25, 0.3) is 0 Å². The first-order chi connectivity index (χ1) is 5.11. The summed E-state index contributed by atoms with van der Waals surface area (Å²) in [4.78, 5) is 21.4. The Morgan fingerprint density at radius 2 is 2.27 bits per heavy atom. The van der Waals surface area contributed by atoms with E-state index in [1.165, 1.54) is 7.05 Å². The van der Waals surface area contributed by atoms with Crippen LogP contribution in [0.2, 0.25) is 0 Å². The normalized spacial score (nSPS) is 18.1. The molecule has 1 rings (SSSR count). The van der Waals surface area contributed by atoms with Gasteiger partial charge < -0.3 is 5.73 Å². The number of hydrogen-bond donors (Lipinski definition) is 1. The van der Waals surface area contributed by atoms with Crippen molar-refractivity contribution < 1.29 is 9.59 Å². The van der Waals surface area contributed by atoms with Crippen molar-refractivity contribution in [1.82, 2.24) is 5.01 Å². The van der Waals surface area contributed by atoms with Gasteiger partial charge in [-0.3, -0.25) is 9.59 Å². The molecule has 0 aromatic heterocycles. The van der Waals surface area contributed by atoms with Crippen molar-refractivity contribution in [1.29, 1.82) is 0 Å². The van der Waals surface area contributed by atoms with Crippen LogP contribution in [-0.4, -0.2) is 29.6 Å². The van der Waals surface area contributed by atoms with Gasteiger partial charge in [-0.05, 0) is 0 Å². The minimum Gasteiger partial charge on any atom is -0.364 e. The Kier molecular flexibility index (Phi) is 1.89. The first-order valence-corrected chi connectivity index (χ1v) is 3.25. The summed E-state index contributed by atoms with van der Waals surface area (Å²) in [6, 6.07) is 0. The maximum absolute atomic E-state index is 10.8. The van der Waals surface area contributed by atoms with Gasteiger partial charge in [0.15, 0.2) is 0 Å². The Balaban J connectivity index is 2.79. The fourth-order valence-electron chi connectivity index (χ4n) is 0.846. The molecule has 0 aromatic carbocycles. The van der Waals surface area contributed by atoms with Gasteiger partial charge in [0.2, 0.25) is 5.91 Å². The van der Waals surface area contributed by atoms with Gasteiger partial charge in [0.25, 0.3) is 5.91 Å². The van der Waals surface area contributed by atoms with Crippen molar-refractivity contribution in [2.45, 2.75) is 12.8 Å². The number of rotatable bonds is 1. The molecule has 0 saturated heterocycles. The number of nitrogens with zero attached hydrogens (tertiary/aromatic N) is 2. The molecule has 0 saturated carbocycles. The van der Waals surface area contributed by atoms with Crippen LogP contribution in [-0.2, 0) is 9.59 Å². The largest absolute Gasteiger partial charge is 0.364 e. The average Bonchev–Trinajstić information content (AvgIpc) is 1.94. The highest BCUT2D eigenvalue weighted by Crippen LogP contribution is 2.05. The molecule has 2 amide bonds. The number of nitrogens with two attached hydrogens (primary N) is 1. The zero-order valence-electron chi connectivity index (χ0n) is 6.20. The van der Waals surface area contributed by atoms with Crippen LogP contribution < -0.4 is 5.73 Å². The zero-order valence-corrected chi connectivity index (χ0v) is 6.20. The van der Waals surface area contributed by atoms with E-state index in [2.05, 4.69) is 5.10 Å². The van der Waals surface area contributed by atoms with Crippen LogP contribution >= 0.6 is 0 Å². The Bertz CT molecular complexity index is 234. The predicted octanol–water partition coefficient (Wildman–Crippen LogP) is -0.920. The molecule has 1 aliphatic heterocycles. The van der Waals surface area contributed by atoms with Crippen LogP contribution in [0.15, 0.2) is 5.10 Å². The second-order valence-electron chi connectivity index (χ2n) is 2.33. The molecule has 60 valence electrons. The van der Waals surface area contributed by atoms with E-state index in [0.29, 0.717) is 12.8 Å². The third-order valence-corrected chi connectivity index (χ3v) is 1.49. The lowest BCUT2D eigenvalue weighted by atomic mass is 10.1. The van der Waals surface area contributed by atoms with E-state index in [-0.39, 0.29) is 11.6 Å². The van der Waals surface area contributed by atoms with E-state index in [1.54, 1.807) is 0 Å². The molecular formula is C6H9N3O2. The minimum absolute atomic E-state index is 0.0880. The molecule has 1 aliphatic rings. The summed E-state index contributed by atoms with van der Waals surface area (Å²) in [5.41, 5.74) is 5.24. The molecule has 11 heavy (non-hydrogen) atoms. The van der Waals surface area contributed by atoms with Gasteiger partial charge >= 0.3 is 0 Å². The summed E-state index contributed by atoms with van der Waals surface area (Å²) < 4.78 is 0. The van der Waals surface area contributed by atoms with Crippen molar-refractivity contribution in [3.8, 4) is 0 Å². The standard InChI is InChI=1S/C6H9N3O2/c1-9-5(10)3-2-4(8-9)6(7)11/h2-3H2,1H3,(H2,7,11). The number of primary amides is 1. The number of carbonyl (C=O) groups excluding carboxylic acids is 2. The highest BCUT2D eigenvalue weighted by molar-refractivity contribution is 6.38. The van der Waals surface area contributed by atoms with Crippen molar-refractivity contribution in [3.63, 3.8) is 0 Å². The maximum atomic E-state index is 10.8. The number of hydrazone groups is 1. The molecule has 0 aliphatic carbocycles. The Hall–Kier alpha value is -1.39. The fraction of sp³-hybridized carbons (Fsp3) is 0.500. The quantitative estimate of drug-likeness (QED) is 0.531. The molecule has 1 heterocycles. The van der Waals surface area contributed by atoms with Gasteiger partial charge in [-0.25, -0.2) is 5.01 Å². The molecule has 0 unspecified atom stereocenters. The Labute approximate surface area is 63.8 Å². The number of amides is 2. The molecule has 0 atom stereocenters. The summed E-state index contributed by atoms with van der Waals surface area (Å²) in [6.45, 7) is 0. The van der Waals surface area contributed by atoms with Crippen LogP contribution in [0.4, 0.5) is 0 Å². The molecule has 5 nitrogen and oxygen atoms in total. The summed E-state index contributed by atoms with van der Waals surface area (Å²) in [5.74, 6) is -0.639. The van der Waals surface area contributed by atoms with Crippen LogP contribution in [0, 0.1) is 0 Å². The SMILES string of the molecule is CN1N=C(C(N)=O)CCC1=O. The topological polar surface area (TPSA) is 75.8 Å². The third kappa shape index (κ3) is 1.54. The van der Waals surface area contributed by atoms with Gasteiger partial charge in [-0.1, -0.05) is 0 Å². The highest BCUT2D eigenvalue weighted by atomic mass is 16.2. The van der Waals surface area contributed by atoms with Crippen LogP contribution in [0.3, 0.4) is 0 Å². The molecule has 0 spiro atoms. The van der Waals surface area contributed by atoms with Gasteiger partial charge in [-0.15, -0.1) is 0 Å². The van der Waals surface area contributed by atoms with Crippen LogP contribution in [0.5, 0.6) is 0 Å². The van der Waals surface area contributed by atoms with E-state index < -0.39 is 5.91 Å². The summed E-state index contributed by atoms with van der Waals surface area (Å²) in [5, 5.41) is 4.83. The minimum atomic E-state index is -0.552. The summed E-state index contributed by atoms with van der Waals surface area (Å²) >= 11 is 0. The molecular weight excluding hydrogens is 146 g/mol. The van der Waals surface area contributed by atoms with Crippen molar-refractivity contribution in [2.24, 2.45) is 10.8 Å². The molecule has 0 fully saturated rings. The number of carbonyl (C=O) groups is 2. The van der Waals surface area contributed by atoms with Gasteiger partial charge in [-0.2, -0.15) is 5.10 Å². The van der Waals surface area contributed by atoms with Gasteiger partial charge in [0.05, 0.1) is 0 Å². The van der Waals surface area contributed by atoms with Crippen LogP contribution in [0.1, 0.15) is 12.8 Å². The Morgan fingerprint density at radius 1 is 1.64 bits per heavy atom. The molecule has 0 bridgehead atoms. The lowest BCUT2D eigenvalue weighted by Crippen LogP contribution is -2.34. The third-order valence-electron chi connectivity index (χ3n) is 1.49. The molecule has 5 heteroatoms. The second kappa shape index (κ2) is 2.69. The summed E-state index contributed by atoms with van der Waals surface area (Å²) in [6.07, 6.45) is 0.677. The Morgan fingerprint density at radius 3 is 2.73 bits per heavy atom. The number of hydrogen-bond acceptors (Lipinski definition) is 3. The highest BCUT2D eigenvalue weighted by Gasteiger charge is 2.19. The van der Waals surface area contributed by atoms with E-state index >= 15 is 0 Å². The van der Waals surface area contributed by atoms with E-state index in [0.717, 1.165) is 5.01 Å². The van der Waals surface area contributed by atoms with E-state index in [1.807, 2.05) is 0 Å². The maximum Gasteiger partial charge on any atom is 0.264 e. The predicted molar refractivity (Wildman–Crippen MR) is 38.6 cm³/mol. The lowest BCUT2D eigenvalue weighted by Gasteiger charge is -2.17. The summed E-state index contributed by atoms with van der Waals surface area (Å²) in [7, 11) is 1.50. The van der Waals surface area contributed by atoms with E-state index in [4.69, 9.17) is 5.73 Å². The monoisotopic (exact) mass is 155 g/mol. The molecule has 2 N–H and O–H groups in total. The van der Waals surface area contributed by atoms with Gasteiger partial charge in [0, 0.05) is 19.9 Å². The van der Waals surface area contributed by atoms with Crippen molar-refractivity contribution in [2.75, 3.05) is 7.05 Å². The average molecular weight is 155 g/mol. The first kappa shape index (κ1) is 7.71. The molecule has 0 radical (unpaired) electrons. The molecule has 0 aromatic rings.